The number of halogens is 1. The van der Waals surface area contributed by atoms with Gasteiger partial charge in [-0.1, -0.05) is 24.1 Å². The average Bonchev–Trinajstić information content (AvgIpc) is 2.41. The highest BCUT2D eigenvalue weighted by molar-refractivity contribution is 5.28. The number of aliphatic hydroxyl groups excluding tert-OH is 1. The monoisotopic (exact) mass is 265 g/mol. The van der Waals surface area contributed by atoms with Gasteiger partial charge in [-0.05, 0) is 52.8 Å². The number of aryl methyl sites for hydroxylation is 1. The number of likely N-dealkylation sites (tertiary alicyclic amines) is 1. The molecule has 1 aromatic carbocycles. The summed E-state index contributed by atoms with van der Waals surface area (Å²) in [5.74, 6) is -0.316. The van der Waals surface area contributed by atoms with E-state index in [-0.39, 0.29) is 5.82 Å². The second-order valence-electron chi connectivity index (χ2n) is 6.13. The van der Waals surface area contributed by atoms with Crippen molar-refractivity contribution in [1.29, 1.82) is 0 Å². The Hall–Kier alpha value is -0.930. The standard InChI is InChI=1S/C16H24FNO/c1-12-7-8-14(17)13(11-12)15(19)16(2,3)18-9-5-4-6-10-18/h7-8,11,15,19H,4-6,9-10H2,1-3H3. The maximum Gasteiger partial charge on any atom is 0.129 e. The Kier molecular flexibility index (Phi) is 4.26. The van der Waals surface area contributed by atoms with Crippen LogP contribution in [0.4, 0.5) is 4.39 Å². The first-order valence-corrected chi connectivity index (χ1v) is 7.12. The number of hydrogen-bond donors (Lipinski definition) is 1. The van der Waals surface area contributed by atoms with E-state index in [1.54, 1.807) is 12.1 Å². The van der Waals surface area contributed by atoms with Crippen LogP contribution in [-0.2, 0) is 0 Å². The van der Waals surface area contributed by atoms with Crippen molar-refractivity contribution in [2.45, 2.75) is 51.7 Å². The molecule has 106 valence electrons. The molecule has 1 aliphatic rings. The van der Waals surface area contributed by atoms with Crippen LogP contribution in [0.15, 0.2) is 18.2 Å². The zero-order valence-corrected chi connectivity index (χ0v) is 12.1. The van der Waals surface area contributed by atoms with Gasteiger partial charge in [0.1, 0.15) is 5.82 Å². The van der Waals surface area contributed by atoms with E-state index in [0.717, 1.165) is 31.5 Å². The lowest BCUT2D eigenvalue weighted by atomic mass is 9.87. The third kappa shape index (κ3) is 2.98. The zero-order chi connectivity index (χ0) is 14.0. The lowest BCUT2D eigenvalue weighted by molar-refractivity contribution is -0.0225. The van der Waals surface area contributed by atoms with Gasteiger partial charge in [0, 0.05) is 11.1 Å². The van der Waals surface area contributed by atoms with Crippen molar-refractivity contribution in [3.63, 3.8) is 0 Å². The summed E-state index contributed by atoms with van der Waals surface area (Å²) in [7, 11) is 0. The number of aliphatic hydroxyl groups is 1. The summed E-state index contributed by atoms with van der Waals surface area (Å²) in [5, 5.41) is 10.6. The van der Waals surface area contributed by atoms with Crippen LogP contribution in [0.2, 0.25) is 0 Å². The molecule has 2 rings (SSSR count). The second kappa shape index (κ2) is 5.59. The van der Waals surface area contributed by atoms with Crippen LogP contribution in [0, 0.1) is 12.7 Å². The van der Waals surface area contributed by atoms with Gasteiger partial charge >= 0.3 is 0 Å². The van der Waals surface area contributed by atoms with Crippen LogP contribution in [-0.4, -0.2) is 28.6 Å². The van der Waals surface area contributed by atoms with Crippen LogP contribution in [0.25, 0.3) is 0 Å². The van der Waals surface area contributed by atoms with Gasteiger partial charge in [0.25, 0.3) is 0 Å². The SMILES string of the molecule is Cc1ccc(F)c(C(O)C(C)(C)N2CCCCC2)c1. The molecule has 0 spiro atoms. The Morgan fingerprint density at radius 2 is 1.84 bits per heavy atom. The molecular formula is C16H24FNO. The van der Waals surface area contributed by atoms with Crippen molar-refractivity contribution in [2.75, 3.05) is 13.1 Å². The van der Waals surface area contributed by atoms with Crippen LogP contribution >= 0.6 is 0 Å². The van der Waals surface area contributed by atoms with E-state index in [9.17, 15) is 9.50 Å². The summed E-state index contributed by atoms with van der Waals surface area (Å²) in [5.41, 5.74) is 0.954. The molecule has 0 amide bonds. The van der Waals surface area contributed by atoms with E-state index < -0.39 is 11.6 Å². The van der Waals surface area contributed by atoms with Crippen molar-refractivity contribution < 1.29 is 9.50 Å². The summed E-state index contributed by atoms with van der Waals surface area (Å²) in [6.07, 6.45) is 2.77. The fraction of sp³-hybridized carbons (Fsp3) is 0.625. The molecule has 0 aromatic heterocycles. The van der Waals surface area contributed by atoms with Gasteiger partial charge in [-0.15, -0.1) is 0 Å². The van der Waals surface area contributed by atoms with E-state index in [0.29, 0.717) is 5.56 Å². The quantitative estimate of drug-likeness (QED) is 0.905. The van der Waals surface area contributed by atoms with Crippen molar-refractivity contribution >= 4 is 0 Å². The molecule has 0 bridgehead atoms. The van der Waals surface area contributed by atoms with Gasteiger partial charge in [0.2, 0.25) is 0 Å². The normalized spacial score (nSPS) is 19.4. The van der Waals surface area contributed by atoms with Gasteiger partial charge in [0.05, 0.1) is 6.10 Å². The lowest BCUT2D eigenvalue weighted by Gasteiger charge is -2.44. The number of rotatable bonds is 3. The third-order valence-corrected chi connectivity index (χ3v) is 4.29. The Bertz CT molecular complexity index is 438. The smallest absolute Gasteiger partial charge is 0.129 e. The summed E-state index contributed by atoms with van der Waals surface area (Å²) in [4.78, 5) is 2.28. The molecule has 1 N–H and O–H groups in total. The number of piperidine rings is 1. The fourth-order valence-corrected chi connectivity index (χ4v) is 2.90. The maximum atomic E-state index is 13.9. The second-order valence-corrected chi connectivity index (χ2v) is 6.13. The van der Waals surface area contributed by atoms with Crippen molar-refractivity contribution in [2.24, 2.45) is 0 Å². The Morgan fingerprint density at radius 3 is 2.47 bits per heavy atom. The van der Waals surface area contributed by atoms with Gasteiger partial charge in [-0.25, -0.2) is 4.39 Å². The molecule has 1 fully saturated rings. The maximum absolute atomic E-state index is 13.9. The van der Waals surface area contributed by atoms with Gasteiger partial charge in [0.15, 0.2) is 0 Å². The van der Waals surface area contributed by atoms with E-state index in [2.05, 4.69) is 4.90 Å². The fourth-order valence-electron chi connectivity index (χ4n) is 2.90. The van der Waals surface area contributed by atoms with Gasteiger partial charge in [-0.3, -0.25) is 4.90 Å². The molecule has 0 saturated carbocycles. The molecule has 3 heteroatoms. The highest BCUT2D eigenvalue weighted by Gasteiger charge is 2.37. The first-order chi connectivity index (χ1) is 8.93. The summed E-state index contributed by atoms with van der Waals surface area (Å²) in [6.45, 7) is 7.90. The van der Waals surface area contributed by atoms with Gasteiger partial charge < -0.3 is 5.11 Å². The largest absolute Gasteiger partial charge is 0.386 e. The predicted octanol–water partition coefficient (Wildman–Crippen LogP) is 3.43. The average molecular weight is 265 g/mol. The molecule has 1 unspecified atom stereocenters. The van der Waals surface area contributed by atoms with Crippen LogP contribution in [0.3, 0.4) is 0 Å². The van der Waals surface area contributed by atoms with Crippen LogP contribution in [0.1, 0.15) is 50.3 Å². The minimum Gasteiger partial charge on any atom is -0.386 e. The molecule has 1 heterocycles. The zero-order valence-electron chi connectivity index (χ0n) is 12.1. The molecule has 2 nitrogen and oxygen atoms in total. The highest BCUT2D eigenvalue weighted by atomic mass is 19.1. The minimum atomic E-state index is -0.800. The van der Waals surface area contributed by atoms with E-state index in [1.807, 2.05) is 20.8 Å². The highest BCUT2D eigenvalue weighted by Crippen LogP contribution is 2.34. The number of nitrogens with zero attached hydrogens (tertiary/aromatic N) is 1. The predicted molar refractivity (Wildman–Crippen MR) is 75.6 cm³/mol. The first kappa shape index (κ1) is 14.5. The minimum absolute atomic E-state index is 0.316. The number of hydrogen-bond acceptors (Lipinski definition) is 2. The first-order valence-electron chi connectivity index (χ1n) is 7.12. The molecule has 19 heavy (non-hydrogen) atoms. The Balaban J connectivity index is 2.25. The van der Waals surface area contributed by atoms with Crippen LogP contribution in [0.5, 0.6) is 0 Å². The van der Waals surface area contributed by atoms with Crippen LogP contribution < -0.4 is 0 Å². The molecule has 0 aliphatic carbocycles. The lowest BCUT2D eigenvalue weighted by Crippen LogP contribution is -2.50. The van der Waals surface area contributed by atoms with Crippen molar-refractivity contribution in [1.82, 2.24) is 4.90 Å². The topological polar surface area (TPSA) is 23.5 Å². The van der Waals surface area contributed by atoms with Crippen molar-refractivity contribution in [3.8, 4) is 0 Å². The van der Waals surface area contributed by atoms with Gasteiger partial charge in [-0.2, -0.15) is 0 Å². The molecule has 0 radical (unpaired) electrons. The molecule has 1 atom stereocenters. The summed E-state index contributed by atoms with van der Waals surface area (Å²) >= 11 is 0. The van der Waals surface area contributed by atoms with Crippen molar-refractivity contribution in [3.05, 3.63) is 35.1 Å². The Labute approximate surface area is 115 Å². The molecule has 1 aromatic rings. The molecule has 1 saturated heterocycles. The molecule has 1 aliphatic heterocycles. The molecular weight excluding hydrogens is 241 g/mol. The van der Waals surface area contributed by atoms with E-state index in [1.165, 1.54) is 12.5 Å². The number of benzene rings is 1. The summed E-state index contributed by atoms with van der Waals surface area (Å²) < 4.78 is 13.9. The van der Waals surface area contributed by atoms with E-state index >= 15 is 0 Å². The summed E-state index contributed by atoms with van der Waals surface area (Å²) in [6, 6.07) is 4.94. The third-order valence-electron chi connectivity index (χ3n) is 4.29. The Morgan fingerprint density at radius 1 is 1.21 bits per heavy atom. The van der Waals surface area contributed by atoms with E-state index in [4.69, 9.17) is 0 Å².